The van der Waals surface area contributed by atoms with Gasteiger partial charge in [0.15, 0.2) is 0 Å². The van der Waals surface area contributed by atoms with Crippen LogP contribution < -0.4 is 10.4 Å². The van der Waals surface area contributed by atoms with Gasteiger partial charge in [-0.25, -0.2) is 4.79 Å². The molecule has 1 fully saturated rings. The molecule has 1 aliphatic heterocycles. The number of nitrogens with zero attached hydrogens (tertiary/aromatic N) is 2. The van der Waals surface area contributed by atoms with Gasteiger partial charge in [0.1, 0.15) is 16.9 Å². The van der Waals surface area contributed by atoms with Crippen molar-refractivity contribution in [1.82, 2.24) is 9.80 Å². The van der Waals surface area contributed by atoms with Crippen LogP contribution in [0.5, 0.6) is 5.75 Å². The van der Waals surface area contributed by atoms with Crippen molar-refractivity contribution in [3.05, 3.63) is 40.2 Å². The second kappa shape index (κ2) is 8.33. The van der Waals surface area contributed by atoms with Crippen molar-refractivity contribution in [2.24, 2.45) is 0 Å². The number of carbonyl (C=O) groups excluding carboxylic acids is 1. The lowest BCUT2D eigenvalue weighted by molar-refractivity contribution is 0.0611. The minimum Gasteiger partial charge on any atom is -0.493 e. The number of carbonyl (C=O) groups is 1. The fraction of sp³-hybridized carbons (Fsp3) is 0.474. The third-order valence-corrected chi connectivity index (χ3v) is 4.49. The van der Waals surface area contributed by atoms with Crippen molar-refractivity contribution in [3.8, 4) is 5.75 Å². The molecule has 1 aromatic carbocycles. The first-order chi connectivity index (χ1) is 12.6. The molecule has 1 N–H and O–H groups in total. The summed E-state index contributed by atoms with van der Waals surface area (Å²) in [6.07, 6.45) is 0.890. The largest absolute Gasteiger partial charge is 0.493 e. The number of ether oxygens (including phenoxy) is 1. The Morgan fingerprint density at radius 1 is 1.23 bits per heavy atom. The third-order valence-electron chi connectivity index (χ3n) is 4.49. The maximum atomic E-state index is 12.7. The number of aliphatic hydroxyl groups is 1. The Bertz CT molecular complexity index is 824. The van der Waals surface area contributed by atoms with E-state index < -0.39 is 5.63 Å². The number of β-amino-alcohol motifs (C(OH)–C–C–N with tert-alkyl or cyclic N) is 1. The van der Waals surface area contributed by atoms with E-state index in [9.17, 15) is 9.59 Å². The summed E-state index contributed by atoms with van der Waals surface area (Å²) in [6.45, 7) is 5.74. The Balaban J connectivity index is 1.78. The van der Waals surface area contributed by atoms with Crippen LogP contribution in [0.4, 0.5) is 0 Å². The molecule has 2 heterocycles. The molecule has 1 aromatic heterocycles. The van der Waals surface area contributed by atoms with Gasteiger partial charge >= 0.3 is 5.63 Å². The molecule has 1 amide bonds. The molecule has 0 spiro atoms. The first-order valence-electron chi connectivity index (χ1n) is 8.95. The minimum absolute atomic E-state index is 0.0512. The van der Waals surface area contributed by atoms with Crippen molar-refractivity contribution in [3.63, 3.8) is 0 Å². The number of benzene rings is 1. The van der Waals surface area contributed by atoms with Gasteiger partial charge < -0.3 is 19.2 Å². The molecule has 0 unspecified atom stereocenters. The van der Waals surface area contributed by atoms with Gasteiger partial charge in [0.25, 0.3) is 5.91 Å². The van der Waals surface area contributed by atoms with Crippen molar-refractivity contribution < 1.29 is 19.1 Å². The van der Waals surface area contributed by atoms with Gasteiger partial charge in [-0.1, -0.05) is 6.92 Å². The number of hydrogen-bond acceptors (Lipinski definition) is 6. The summed E-state index contributed by atoms with van der Waals surface area (Å²) in [6, 6.07) is 6.86. The molecule has 2 aromatic rings. The maximum absolute atomic E-state index is 12.7. The molecule has 0 saturated carbocycles. The first-order valence-corrected chi connectivity index (χ1v) is 8.95. The number of aliphatic hydroxyl groups excluding tert-OH is 1. The summed E-state index contributed by atoms with van der Waals surface area (Å²) in [5.74, 6) is 0.331. The summed E-state index contributed by atoms with van der Waals surface area (Å²) in [4.78, 5) is 28.8. The quantitative estimate of drug-likeness (QED) is 0.783. The third kappa shape index (κ3) is 4.05. The second-order valence-electron chi connectivity index (χ2n) is 6.35. The van der Waals surface area contributed by atoms with Gasteiger partial charge in [0.2, 0.25) is 0 Å². The molecule has 1 aliphatic rings. The number of fused-ring (bicyclic) bond motifs is 1. The predicted molar refractivity (Wildman–Crippen MR) is 97.7 cm³/mol. The highest BCUT2D eigenvalue weighted by molar-refractivity contribution is 5.96. The first kappa shape index (κ1) is 18.4. The molecule has 7 heteroatoms. The zero-order valence-corrected chi connectivity index (χ0v) is 14.9. The van der Waals surface area contributed by atoms with Crippen LogP contribution in [0.1, 0.15) is 23.7 Å². The molecule has 1 saturated heterocycles. The van der Waals surface area contributed by atoms with Crippen LogP contribution in [0.25, 0.3) is 11.0 Å². The maximum Gasteiger partial charge on any atom is 0.349 e. The molecule has 0 atom stereocenters. The van der Waals surface area contributed by atoms with Gasteiger partial charge in [-0.05, 0) is 24.6 Å². The zero-order chi connectivity index (χ0) is 18.5. The Labute approximate surface area is 151 Å². The summed E-state index contributed by atoms with van der Waals surface area (Å²) in [7, 11) is 0. The van der Waals surface area contributed by atoms with Crippen LogP contribution in [0.15, 0.2) is 33.5 Å². The fourth-order valence-electron chi connectivity index (χ4n) is 3.04. The average molecular weight is 360 g/mol. The Morgan fingerprint density at radius 3 is 2.69 bits per heavy atom. The van der Waals surface area contributed by atoms with E-state index in [1.165, 1.54) is 0 Å². The highest BCUT2D eigenvalue weighted by Gasteiger charge is 2.24. The average Bonchev–Trinajstić information content (AvgIpc) is 2.66. The summed E-state index contributed by atoms with van der Waals surface area (Å²) >= 11 is 0. The molecule has 0 radical (unpaired) electrons. The van der Waals surface area contributed by atoms with Gasteiger partial charge in [0, 0.05) is 44.2 Å². The Kier molecular flexibility index (Phi) is 5.90. The van der Waals surface area contributed by atoms with Crippen LogP contribution >= 0.6 is 0 Å². The van der Waals surface area contributed by atoms with E-state index in [2.05, 4.69) is 4.90 Å². The van der Waals surface area contributed by atoms with Gasteiger partial charge in [-0.2, -0.15) is 0 Å². The lowest BCUT2D eigenvalue weighted by atomic mass is 10.1. The van der Waals surface area contributed by atoms with E-state index in [0.29, 0.717) is 56.0 Å². The molecular formula is C19H24N2O5. The summed E-state index contributed by atoms with van der Waals surface area (Å²) < 4.78 is 10.9. The molecule has 0 aliphatic carbocycles. The van der Waals surface area contributed by atoms with Gasteiger partial charge in [-0.15, -0.1) is 0 Å². The number of rotatable bonds is 6. The monoisotopic (exact) mass is 360 g/mol. The standard InChI is InChI=1S/C19H24N2O5/c1-2-11-25-15-4-3-14-12-16(19(24)26-17(14)13-15)18(23)21-7-5-20(6-8-21)9-10-22/h3-4,12-13,22H,2,5-11H2,1H3. The van der Waals surface area contributed by atoms with Crippen molar-refractivity contribution >= 4 is 16.9 Å². The summed E-state index contributed by atoms with van der Waals surface area (Å²) in [5, 5.41) is 9.68. The van der Waals surface area contributed by atoms with E-state index >= 15 is 0 Å². The number of amides is 1. The summed E-state index contributed by atoms with van der Waals surface area (Å²) in [5.41, 5.74) is -0.170. The smallest absolute Gasteiger partial charge is 0.349 e. The lowest BCUT2D eigenvalue weighted by Crippen LogP contribution is -2.49. The molecular weight excluding hydrogens is 336 g/mol. The number of hydrogen-bond donors (Lipinski definition) is 1. The van der Waals surface area contributed by atoms with Crippen LogP contribution in [0, 0.1) is 0 Å². The molecule has 7 nitrogen and oxygen atoms in total. The van der Waals surface area contributed by atoms with E-state index in [1.54, 1.807) is 29.2 Å². The van der Waals surface area contributed by atoms with Crippen LogP contribution in [-0.4, -0.2) is 66.8 Å². The molecule has 0 bridgehead atoms. The minimum atomic E-state index is -0.632. The zero-order valence-electron chi connectivity index (χ0n) is 14.9. The van der Waals surface area contributed by atoms with Crippen LogP contribution in [0.2, 0.25) is 0 Å². The Hall–Kier alpha value is -2.38. The van der Waals surface area contributed by atoms with Crippen molar-refractivity contribution in [1.29, 1.82) is 0 Å². The SMILES string of the molecule is CCCOc1ccc2cc(C(=O)N3CCN(CCO)CC3)c(=O)oc2c1. The lowest BCUT2D eigenvalue weighted by Gasteiger charge is -2.34. The predicted octanol–water partition coefficient (Wildman–Crippen LogP) is 1.33. The van der Waals surface area contributed by atoms with Crippen LogP contribution in [-0.2, 0) is 0 Å². The van der Waals surface area contributed by atoms with Crippen molar-refractivity contribution in [2.45, 2.75) is 13.3 Å². The van der Waals surface area contributed by atoms with Crippen molar-refractivity contribution in [2.75, 3.05) is 45.9 Å². The highest BCUT2D eigenvalue weighted by atomic mass is 16.5. The van der Waals surface area contributed by atoms with Gasteiger partial charge in [-0.3, -0.25) is 9.69 Å². The molecule has 140 valence electrons. The topological polar surface area (TPSA) is 83.2 Å². The molecule has 3 rings (SSSR count). The van der Waals surface area contributed by atoms with E-state index in [-0.39, 0.29) is 18.1 Å². The normalized spacial score (nSPS) is 15.4. The van der Waals surface area contributed by atoms with Crippen LogP contribution in [0.3, 0.4) is 0 Å². The number of piperazine rings is 1. The van der Waals surface area contributed by atoms with Gasteiger partial charge in [0.05, 0.1) is 13.2 Å². The van der Waals surface area contributed by atoms with E-state index in [1.807, 2.05) is 6.92 Å². The van der Waals surface area contributed by atoms with E-state index in [4.69, 9.17) is 14.3 Å². The molecule has 26 heavy (non-hydrogen) atoms. The second-order valence-corrected chi connectivity index (χ2v) is 6.35. The van der Waals surface area contributed by atoms with E-state index in [0.717, 1.165) is 6.42 Å². The highest BCUT2D eigenvalue weighted by Crippen LogP contribution is 2.21. The fourth-order valence-corrected chi connectivity index (χ4v) is 3.04. The Morgan fingerprint density at radius 2 is 2.00 bits per heavy atom.